The van der Waals surface area contributed by atoms with Crippen LogP contribution >= 0.6 is 0 Å². The Bertz CT molecular complexity index is 1070. The highest BCUT2D eigenvalue weighted by Gasteiger charge is 2.12. The van der Waals surface area contributed by atoms with Gasteiger partial charge in [0.2, 0.25) is 5.95 Å². The molecule has 0 atom stereocenters. The molecule has 28 heavy (non-hydrogen) atoms. The topological polar surface area (TPSA) is 108 Å². The fraction of sp³-hybridized carbons (Fsp3) is 0.0952. The van der Waals surface area contributed by atoms with Crippen LogP contribution in [0.25, 0.3) is 0 Å². The molecule has 0 bridgehead atoms. The van der Waals surface area contributed by atoms with E-state index in [2.05, 4.69) is 26.7 Å². The van der Waals surface area contributed by atoms with Crippen LogP contribution in [0, 0.1) is 18.3 Å². The quantitative estimate of drug-likeness (QED) is 0.660. The molecule has 1 heterocycles. The van der Waals surface area contributed by atoms with Gasteiger partial charge in [0.05, 0.1) is 11.6 Å². The first-order valence-electron chi connectivity index (χ1n) is 8.50. The Hall–Kier alpha value is -4.05. The summed E-state index contributed by atoms with van der Waals surface area (Å²) < 4.78 is 0. The second kappa shape index (κ2) is 8.10. The van der Waals surface area contributed by atoms with Crippen molar-refractivity contribution in [2.24, 2.45) is 0 Å². The van der Waals surface area contributed by atoms with E-state index >= 15 is 0 Å². The number of nitrogens with one attached hydrogen (secondary N) is 2. The van der Waals surface area contributed by atoms with Gasteiger partial charge in [0, 0.05) is 22.6 Å². The van der Waals surface area contributed by atoms with Gasteiger partial charge in [0.25, 0.3) is 5.91 Å². The van der Waals surface area contributed by atoms with E-state index in [9.17, 15) is 9.59 Å². The molecule has 138 valence electrons. The Morgan fingerprint density at radius 3 is 2.21 bits per heavy atom. The number of nitriles is 1. The van der Waals surface area contributed by atoms with Gasteiger partial charge >= 0.3 is 0 Å². The molecule has 7 nitrogen and oxygen atoms in total. The second-order valence-corrected chi connectivity index (χ2v) is 6.12. The van der Waals surface area contributed by atoms with Crippen LogP contribution in [0.1, 0.15) is 39.0 Å². The van der Waals surface area contributed by atoms with E-state index in [4.69, 9.17) is 5.26 Å². The van der Waals surface area contributed by atoms with E-state index < -0.39 is 0 Å². The average molecular weight is 371 g/mol. The Labute approximate surface area is 162 Å². The predicted octanol–water partition coefficient (Wildman–Crippen LogP) is 3.86. The molecule has 0 saturated carbocycles. The summed E-state index contributed by atoms with van der Waals surface area (Å²) in [5.41, 5.74) is 3.22. The zero-order valence-electron chi connectivity index (χ0n) is 15.4. The largest absolute Gasteiger partial charge is 0.324 e. The fourth-order valence-electron chi connectivity index (χ4n) is 2.48. The fourth-order valence-corrected chi connectivity index (χ4v) is 2.48. The molecule has 1 amide bonds. The van der Waals surface area contributed by atoms with E-state index in [1.807, 2.05) is 0 Å². The summed E-state index contributed by atoms with van der Waals surface area (Å²) in [5.74, 6) is -0.145. The number of aryl methyl sites for hydroxylation is 1. The minimum atomic E-state index is -0.385. The zero-order chi connectivity index (χ0) is 20.1. The summed E-state index contributed by atoms with van der Waals surface area (Å²) in [7, 11) is 0. The van der Waals surface area contributed by atoms with Crippen LogP contribution in [0.2, 0.25) is 0 Å². The minimum Gasteiger partial charge on any atom is -0.324 e. The number of anilines is 3. The third-order valence-electron chi connectivity index (χ3n) is 3.91. The highest BCUT2D eigenvalue weighted by molar-refractivity contribution is 6.03. The summed E-state index contributed by atoms with van der Waals surface area (Å²) in [6.45, 7) is 3.25. The van der Waals surface area contributed by atoms with Crippen molar-refractivity contribution < 1.29 is 9.59 Å². The number of benzene rings is 2. The maximum Gasteiger partial charge on any atom is 0.274 e. The predicted molar refractivity (Wildman–Crippen MR) is 106 cm³/mol. The third kappa shape index (κ3) is 4.56. The lowest BCUT2D eigenvalue weighted by Gasteiger charge is -2.09. The van der Waals surface area contributed by atoms with Gasteiger partial charge in [-0.3, -0.25) is 9.59 Å². The normalized spacial score (nSPS) is 10.0. The number of carbonyl (C=O) groups is 2. The van der Waals surface area contributed by atoms with Crippen molar-refractivity contribution >= 4 is 29.0 Å². The van der Waals surface area contributed by atoms with E-state index in [-0.39, 0.29) is 23.3 Å². The summed E-state index contributed by atoms with van der Waals surface area (Å²) >= 11 is 0. The molecule has 0 unspecified atom stereocenters. The maximum atomic E-state index is 12.5. The van der Waals surface area contributed by atoms with Crippen LogP contribution in [0.3, 0.4) is 0 Å². The number of Topliss-reactive ketones (excluding diaryl/α,β-unsaturated/α-hetero) is 1. The number of hydrogen-bond donors (Lipinski definition) is 2. The van der Waals surface area contributed by atoms with Gasteiger partial charge in [-0.2, -0.15) is 5.26 Å². The van der Waals surface area contributed by atoms with Crippen molar-refractivity contribution in [2.45, 2.75) is 13.8 Å². The van der Waals surface area contributed by atoms with Crippen molar-refractivity contribution in [3.05, 3.63) is 77.1 Å². The van der Waals surface area contributed by atoms with Crippen LogP contribution in [-0.2, 0) is 0 Å². The standard InChI is InChI=1S/C21H17N5O2/c1-13-11-19(20(28)24-17-9-5-16(6-10-17)14(2)27)26-21(23-13)25-18-7-3-15(12-22)4-8-18/h3-11H,1-2H3,(H,24,28)(H,23,25,26). The minimum absolute atomic E-state index is 0.0391. The van der Waals surface area contributed by atoms with Crippen LogP contribution in [-0.4, -0.2) is 21.7 Å². The molecule has 3 aromatic rings. The summed E-state index contributed by atoms with van der Waals surface area (Å²) in [5, 5.41) is 14.6. The number of nitrogens with zero attached hydrogens (tertiary/aromatic N) is 3. The lowest BCUT2D eigenvalue weighted by Crippen LogP contribution is -2.15. The lowest BCUT2D eigenvalue weighted by atomic mass is 10.1. The van der Waals surface area contributed by atoms with Gasteiger partial charge in [0.1, 0.15) is 5.69 Å². The Balaban J connectivity index is 1.76. The van der Waals surface area contributed by atoms with Crippen LogP contribution in [0.5, 0.6) is 0 Å². The summed E-state index contributed by atoms with van der Waals surface area (Å²) in [6, 6.07) is 17.1. The molecular weight excluding hydrogens is 354 g/mol. The number of hydrogen-bond acceptors (Lipinski definition) is 6. The maximum absolute atomic E-state index is 12.5. The van der Waals surface area contributed by atoms with E-state index in [1.54, 1.807) is 61.5 Å². The molecule has 7 heteroatoms. The molecule has 0 aliphatic carbocycles. The Morgan fingerprint density at radius 1 is 0.964 bits per heavy atom. The highest BCUT2D eigenvalue weighted by Crippen LogP contribution is 2.16. The smallest absolute Gasteiger partial charge is 0.274 e. The van der Waals surface area contributed by atoms with Gasteiger partial charge in [-0.05, 0) is 68.4 Å². The van der Waals surface area contributed by atoms with Crippen molar-refractivity contribution in [3.8, 4) is 6.07 Å². The van der Waals surface area contributed by atoms with Gasteiger partial charge in [-0.25, -0.2) is 9.97 Å². The number of carbonyl (C=O) groups excluding carboxylic acids is 2. The third-order valence-corrected chi connectivity index (χ3v) is 3.91. The second-order valence-electron chi connectivity index (χ2n) is 6.12. The molecule has 2 aromatic carbocycles. The van der Waals surface area contributed by atoms with Gasteiger partial charge < -0.3 is 10.6 Å². The van der Waals surface area contributed by atoms with Gasteiger partial charge in [0.15, 0.2) is 5.78 Å². The van der Waals surface area contributed by atoms with Gasteiger partial charge in [-0.15, -0.1) is 0 Å². The molecule has 0 fully saturated rings. The molecule has 2 N–H and O–H groups in total. The summed E-state index contributed by atoms with van der Waals surface area (Å²) in [6.07, 6.45) is 0. The van der Waals surface area contributed by atoms with E-state index in [0.29, 0.717) is 28.2 Å². The van der Waals surface area contributed by atoms with E-state index in [0.717, 1.165) is 0 Å². The van der Waals surface area contributed by atoms with Crippen molar-refractivity contribution in [3.63, 3.8) is 0 Å². The van der Waals surface area contributed by atoms with Crippen molar-refractivity contribution in [1.82, 2.24) is 9.97 Å². The average Bonchev–Trinajstić information content (AvgIpc) is 2.68. The number of rotatable bonds is 5. The Kier molecular flexibility index (Phi) is 5.42. The number of aromatic nitrogens is 2. The molecular formula is C21H17N5O2. The van der Waals surface area contributed by atoms with Gasteiger partial charge in [-0.1, -0.05) is 0 Å². The molecule has 0 radical (unpaired) electrons. The first-order chi connectivity index (χ1) is 13.4. The molecule has 0 aliphatic rings. The molecule has 1 aromatic heterocycles. The Morgan fingerprint density at radius 2 is 1.61 bits per heavy atom. The molecule has 3 rings (SSSR count). The molecule has 0 saturated heterocycles. The lowest BCUT2D eigenvalue weighted by molar-refractivity contribution is 0.101. The SMILES string of the molecule is CC(=O)c1ccc(NC(=O)c2cc(C)nc(Nc3ccc(C#N)cc3)n2)cc1. The van der Waals surface area contributed by atoms with Crippen LogP contribution in [0.4, 0.5) is 17.3 Å². The molecule has 0 spiro atoms. The van der Waals surface area contributed by atoms with E-state index in [1.165, 1.54) is 6.92 Å². The monoisotopic (exact) mass is 371 g/mol. The van der Waals surface area contributed by atoms with Crippen LogP contribution < -0.4 is 10.6 Å². The zero-order valence-corrected chi connectivity index (χ0v) is 15.4. The summed E-state index contributed by atoms with van der Waals surface area (Å²) in [4.78, 5) is 32.4. The first-order valence-corrected chi connectivity index (χ1v) is 8.50. The van der Waals surface area contributed by atoms with Crippen LogP contribution in [0.15, 0.2) is 54.6 Å². The van der Waals surface area contributed by atoms with Crippen molar-refractivity contribution in [1.29, 1.82) is 5.26 Å². The van der Waals surface area contributed by atoms with Crippen molar-refractivity contribution in [2.75, 3.05) is 10.6 Å². The first kappa shape index (κ1) is 18.7. The highest BCUT2D eigenvalue weighted by atomic mass is 16.2. The number of ketones is 1. The number of amides is 1. The molecule has 0 aliphatic heterocycles.